The van der Waals surface area contributed by atoms with E-state index in [-0.39, 0.29) is 5.54 Å². The van der Waals surface area contributed by atoms with Crippen molar-refractivity contribution in [2.24, 2.45) is 11.7 Å². The molecule has 0 aliphatic carbocycles. The third-order valence-electron chi connectivity index (χ3n) is 5.65. The van der Waals surface area contributed by atoms with Crippen LogP contribution in [0.3, 0.4) is 0 Å². The fourth-order valence-corrected chi connectivity index (χ4v) is 3.94. The van der Waals surface area contributed by atoms with Crippen LogP contribution in [-0.4, -0.2) is 5.54 Å². The Kier molecular flexibility index (Phi) is 16.0. The molecule has 0 aliphatic rings. The summed E-state index contributed by atoms with van der Waals surface area (Å²) in [6, 6.07) is 0. The quantitative estimate of drug-likeness (QED) is 0.200. The van der Waals surface area contributed by atoms with Crippen LogP contribution >= 0.6 is 0 Å². The van der Waals surface area contributed by atoms with Gasteiger partial charge in [-0.15, -0.1) is 6.58 Å². The van der Waals surface area contributed by atoms with Gasteiger partial charge in [0.1, 0.15) is 0 Å². The van der Waals surface area contributed by atoms with Crippen molar-refractivity contribution in [3.63, 3.8) is 0 Å². The van der Waals surface area contributed by atoms with Crippen LogP contribution in [0, 0.1) is 5.92 Å². The molecule has 0 saturated heterocycles. The smallest absolute Gasteiger partial charge is 0.0217 e. The summed E-state index contributed by atoms with van der Waals surface area (Å²) in [7, 11) is 0. The molecule has 2 N–H and O–H groups in total. The first-order valence-corrected chi connectivity index (χ1v) is 11.0. The molecule has 1 nitrogen and oxygen atoms in total. The Labute approximate surface area is 153 Å². The molecule has 0 heterocycles. The van der Waals surface area contributed by atoms with Gasteiger partial charge in [0.2, 0.25) is 0 Å². The molecule has 1 heteroatoms. The summed E-state index contributed by atoms with van der Waals surface area (Å²) < 4.78 is 0. The van der Waals surface area contributed by atoms with E-state index in [0.717, 1.165) is 6.42 Å². The number of unbranched alkanes of at least 4 members (excludes halogenated alkanes) is 9. The van der Waals surface area contributed by atoms with Gasteiger partial charge >= 0.3 is 0 Å². The fourth-order valence-electron chi connectivity index (χ4n) is 3.94. The second-order valence-electron chi connectivity index (χ2n) is 7.93. The monoisotopic (exact) mass is 337 g/mol. The fraction of sp³-hybridized carbons (Fsp3) is 0.913. The predicted octanol–water partition coefficient (Wildman–Crippen LogP) is 7.79. The SMILES string of the molecule is C=CCC(N)(CCCC)C(CCCC)CCCCCCCCCC. The molecule has 0 rings (SSSR count). The van der Waals surface area contributed by atoms with E-state index in [2.05, 4.69) is 33.4 Å². The van der Waals surface area contributed by atoms with Crippen molar-refractivity contribution in [3.05, 3.63) is 12.7 Å². The highest BCUT2D eigenvalue weighted by Crippen LogP contribution is 2.33. The summed E-state index contributed by atoms with van der Waals surface area (Å²) in [6.45, 7) is 10.8. The lowest BCUT2D eigenvalue weighted by molar-refractivity contribution is 0.212. The molecular weight excluding hydrogens is 290 g/mol. The summed E-state index contributed by atoms with van der Waals surface area (Å²) in [6.07, 6.45) is 23.2. The number of hydrogen-bond donors (Lipinski definition) is 1. The Hall–Kier alpha value is -0.300. The van der Waals surface area contributed by atoms with Crippen molar-refractivity contribution in [1.82, 2.24) is 0 Å². The Morgan fingerprint density at radius 2 is 1.25 bits per heavy atom. The van der Waals surface area contributed by atoms with Crippen LogP contribution in [0.1, 0.15) is 124 Å². The van der Waals surface area contributed by atoms with Gasteiger partial charge in [0, 0.05) is 5.54 Å². The maximum absolute atomic E-state index is 6.90. The van der Waals surface area contributed by atoms with Crippen LogP contribution in [-0.2, 0) is 0 Å². The Balaban J connectivity index is 4.28. The minimum Gasteiger partial charge on any atom is -0.325 e. The van der Waals surface area contributed by atoms with E-state index in [0.29, 0.717) is 5.92 Å². The zero-order chi connectivity index (χ0) is 18.1. The van der Waals surface area contributed by atoms with Crippen LogP contribution in [0.5, 0.6) is 0 Å². The lowest BCUT2D eigenvalue weighted by Crippen LogP contribution is -2.47. The van der Waals surface area contributed by atoms with E-state index in [1.807, 2.05) is 0 Å². The molecule has 2 unspecified atom stereocenters. The maximum atomic E-state index is 6.90. The topological polar surface area (TPSA) is 26.0 Å². The number of nitrogens with two attached hydrogens (primary N) is 1. The second-order valence-corrected chi connectivity index (χ2v) is 7.93. The molecule has 2 atom stereocenters. The second kappa shape index (κ2) is 16.2. The van der Waals surface area contributed by atoms with Gasteiger partial charge in [-0.25, -0.2) is 0 Å². The van der Waals surface area contributed by atoms with Crippen LogP contribution in [0.4, 0.5) is 0 Å². The molecule has 144 valence electrons. The minimum atomic E-state index is -0.00590. The Bertz CT molecular complexity index is 273. The summed E-state index contributed by atoms with van der Waals surface area (Å²) in [5.74, 6) is 0.682. The van der Waals surface area contributed by atoms with Crippen LogP contribution < -0.4 is 5.73 Å². The molecule has 0 bridgehead atoms. The van der Waals surface area contributed by atoms with Gasteiger partial charge < -0.3 is 5.73 Å². The van der Waals surface area contributed by atoms with E-state index in [4.69, 9.17) is 5.73 Å². The van der Waals surface area contributed by atoms with Gasteiger partial charge in [-0.2, -0.15) is 0 Å². The van der Waals surface area contributed by atoms with E-state index < -0.39 is 0 Å². The van der Waals surface area contributed by atoms with E-state index >= 15 is 0 Å². The van der Waals surface area contributed by atoms with Crippen LogP contribution in [0.15, 0.2) is 12.7 Å². The zero-order valence-electron chi connectivity index (χ0n) is 17.3. The average molecular weight is 338 g/mol. The molecule has 0 radical (unpaired) electrons. The molecule has 0 aromatic rings. The average Bonchev–Trinajstić information content (AvgIpc) is 2.58. The summed E-state index contributed by atoms with van der Waals surface area (Å²) in [5.41, 5.74) is 6.90. The van der Waals surface area contributed by atoms with Gasteiger partial charge in [-0.3, -0.25) is 0 Å². The van der Waals surface area contributed by atoms with Gasteiger partial charge in [-0.1, -0.05) is 104 Å². The molecule has 0 aromatic heterocycles. The van der Waals surface area contributed by atoms with Gasteiger partial charge in [0.25, 0.3) is 0 Å². The summed E-state index contributed by atoms with van der Waals surface area (Å²) in [5, 5.41) is 0. The number of rotatable bonds is 18. The molecule has 0 aromatic carbocycles. The van der Waals surface area contributed by atoms with Crippen molar-refractivity contribution in [1.29, 1.82) is 0 Å². The zero-order valence-corrected chi connectivity index (χ0v) is 17.3. The highest BCUT2D eigenvalue weighted by Gasteiger charge is 2.32. The van der Waals surface area contributed by atoms with Crippen molar-refractivity contribution in [2.45, 2.75) is 129 Å². The normalized spacial score (nSPS) is 15.2. The first-order valence-electron chi connectivity index (χ1n) is 11.0. The van der Waals surface area contributed by atoms with Gasteiger partial charge in [0.05, 0.1) is 0 Å². The van der Waals surface area contributed by atoms with Crippen molar-refractivity contribution >= 4 is 0 Å². The Morgan fingerprint density at radius 1 is 0.750 bits per heavy atom. The van der Waals surface area contributed by atoms with Gasteiger partial charge in [-0.05, 0) is 31.6 Å². The third-order valence-corrected chi connectivity index (χ3v) is 5.65. The lowest BCUT2D eigenvalue weighted by Gasteiger charge is -2.38. The summed E-state index contributed by atoms with van der Waals surface area (Å²) >= 11 is 0. The third kappa shape index (κ3) is 11.3. The van der Waals surface area contributed by atoms with Crippen molar-refractivity contribution in [2.75, 3.05) is 0 Å². The van der Waals surface area contributed by atoms with Crippen molar-refractivity contribution in [3.8, 4) is 0 Å². The maximum Gasteiger partial charge on any atom is 0.0217 e. The summed E-state index contributed by atoms with van der Waals surface area (Å²) in [4.78, 5) is 0. The van der Waals surface area contributed by atoms with E-state index in [1.165, 1.54) is 96.3 Å². The standard InChI is InChI=1S/C23H47N/c1-5-9-12-13-14-15-16-17-19-22(18-10-6-2)23(24,20-8-4)21-11-7-3/h8,22H,4-7,9-21,24H2,1-3H3. The highest BCUT2D eigenvalue weighted by molar-refractivity contribution is 4.96. The van der Waals surface area contributed by atoms with E-state index in [9.17, 15) is 0 Å². The molecule has 24 heavy (non-hydrogen) atoms. The highest BCUT2D eigenvalue weighted by atomic mass is 14.8. The largest absolute Gasteiger partial charge is 0.325 e. The molecule has 0 amide bonds. The first-order chi connectivity index (χ1) is 11.6. The van der Waals surface area contributed by atoms with Gasteiger partial charge in [0.15, 0.2) is 0 Å². The Morgan fingerprint density at radius 3 is 1.79 bits per heavy atom. The lowest BCUT2D eigenvalue weighted by atomic mass is 9.73. The van der Waals surface area contributed by atoms with Crippen LogP contribution in [0.25, 0.3) is 0 Å². The molecular formula is C23H47N. The number of hydrogen-bond acceptors (Lipinski definition) is 1. The van der Waals surface area contributed by atoms with Crippen LogP contribution in [0.2, 0.25) is 0 Å². The molecule has 0 saturated carbocycles. The van der Waals surface area contributed by atoms with E-state index in [1.54, 1.807) is 0 Å². The predicted molar refractivity (Wildman–Crippen MR) is 111 cm³/mol. The first kappa shape index (κ1) is 23.7. The molecule has 0 spiro atoms. The molecule has 0 aliphatic heterocycles. The molecule has 0 fully saturated rings. The minimum absolute atomic E-state index is 0.00590. The van der Waals surface area contributed by atoms with Crippen molar-refractivity contribution < 1.29 is 0 Å².